The second-order valence-electron chi connectivity index (χ2n) is 6.96. The lowest BCUT2D eigenvalue weighted by Gasteiger charge is -2.25. The molecule has 1 atom stereocenters. The largest absolute Gasteiger partial charge is 0.481 e. The standard InChI is InChI=1S/C17H26N4O4S/c1-17(2,26)9-13(22)21-20-12-6-3-5-11-16(12)18-10-14(19-11)25-8-4-7-15(23)24/h10,14,20,26H,3-9H2,1-2H3,(H,21,22)(H,23,24). The zero-order chi connectivity index (χ0) is 19.2. The van der Waals surface area contributed by atoms with Crippen molar-refractivity contribution in [2.24, 2.45) is 9.98 Å². The zero-order valence-corrected chi connectivity index (χ0v) is 16.0. The number of aliphatic imine (C=N–C) groups is 2. The Labute approximate surface area is 158 Å². The van der Waals surface area contributed by atoms with Gasteiger partial charge in [-0.25, -0.2) is 0 Å². The van der Waals surface area contributed by atoms with E-state index in [9.17, 15) is 9.59 Å². The fraction of sp³-hybridized carbons (Fsp3) is 0.647. The third-order valence-corrected chi connectivity index (χ3v) is 3.94. The molecule has 0 spiro atoms. The number of allylic oxidation sites excluding steroid dienone is 2. The molecule has 2 aliphatic rings. The van der Waals surface area contributed by atoms with Crippen molar-refractivity contribution < 1.29 is 19.4 Å². The Kier molecular flexibility index (Phi) is 7.22. The fourth-order valence-corrected chi connectivity index (χ4v) is 2.80. The third-order valence-electron chi connectivity index (χ3n) is 3.78. The first-order chi connectivity index (χ1) is 12.2. The van der Waals surface area contributed by atoms with Crippen LogP contribution < -0.4 is 10.9 Å². The normalized spacial score (nSPS) is 19.7. The summed E-state index contributed by atoms with van der Waals surface area (Å²) >= 11 is 4.35. The Bertz CT molecular complexity index is 637. The van der Waals surface area contributed by atoms with E-state index in [0.29, 0.717) is 19.4 Å². The van der Waals surface area contributed by atoms with E-state index in [1.807, 2.05) is 13.8 Å². The molecule has 2 rings (SSSR count). The van der Waals surface area contributed by atoms with Crippen molar-refractivity contribution in [2.45, 2.75) is 63.3 Å². The van der Waals surface area contributed by atoms with E-state index in [0.717, 1.165) is 36.4 Å². The molecule has 3 N–H and O–H groups in total. The SMILES string of the molecule is CC(C)(S)CC(=O)NNC1=C2N=CC(OCCCC(=O)O)N=C2CCC1. The lowest BCUT2D eigenvalue weighted by atomic mass is 9.99. The van der Waals surface area contributed by atoms with Crippen LogP contribution in [0.2, 0.25) is 0 Å². The first-order valence-corrected chi connectivity index (χ1v) is 9.14. The second kappa shape index (κ2) is 9.18. The minimum absolute atomic E-state index is 0.0719. The maximum absolute atomic E-state index is 11.9. The smallest absolute Gasteiger partial charge is 0.303 e. The van der Waals surface area contributed by atoms with Gasteiger partial charge in [0.15, 0.2) is 6.23 Å². The molecule has 0 aromatic rings. The number of ether oxygens (including phenoxy) is 1. The number of carboxylic acids is 1. The maximum Gasteiger partial charge on any atom is 0.303 e. The number of hydrogen-bond acceptors (Lipinski definition) is 7. The molecule has 0 aromatic carbocycles. The number of hydrazine groups is 1. The van der Waals surface area contributed by atoms with Crippen molar-refractivity contribution in [1.29, 1.82) is 0 Å². The number of rotatable bonds is 9. The summed E-state index contributed by atoms with van der Waals surface area (Å²) < 4.78 is 5.17. The molecule has 0 fully saturated rings. The molecule has 1 unspecified atom stereocenters. The van der Waals surface area contributed by atoms with Gasteiger partial charge >= 0.3 is 5.97 Å². The predicted molar refractivity (Wildman–Crippen MR) is 102 cm³/mol. The van der Waals surface area contributed by atoms with E-state index in [-0.39, 0.29) is 17.1 Å². The molecule has 8 nitrogen and oxygen atoms in total. The number of fused-ring (bicyclic) bond motifs is 1. The van der Waals surface area contributed by atoms with E-state index in [1.54, 1.807) is 6.21 Å². The molecule has 0 bridgehead atoms. The molecule has 1 heterocycles. The minimum Gasteiger partial charge on any atom is -0.481 e. The predicted octanol–water partition coefficient (Wildman–Crippen LogP) is 1.83. The van der Waals surface area contributed by atoms with Crippen molar-refractivity contribution in [1.82, 2.24) is 10.9 Å². The molecule has 144 valence electrons. The van der Waals surface area contributed by atoms with Crippen LogP contribution in [0.1, 0.15) is 52.4 Å². The van der Waals surface area contributed by atoms with E-state index in [1.165, 1.54) is 0 Å². The molecule has 1 aliphatic carbocycles. The topological polar surface area (TPSA) is 112 Å². The zero-order valence-electron chi connectivity index (χ0n) is 15.1. The summed E-state index contributed by atoms with van der Waals surface area (Å²) in [5.74, 6) is -0.976. The van der Waals surface area contributed by atoms with Crippen LogP contribution in [0.15, 0.2) is 21.4 Å². The molecule has 0 aromatic heterocycles. The van der Waals surface area contributed by atoms with Gasteiger partial charge in [-0.2, -0.15) is 12.6 Å². The second-order valence-corrected chi connectivity index (χ2v) is 8.17. The van der Waals surface area contributed by atoms with E-state index in [2.05, 4.69) is 33.5 Å². The van der Waals surface area contributed by atoms with E-state index >= 15 is 0 Å². The Hall–Kier alpha value is -1.87. The van der Waals surface area contributed by atoms with Crippen LogP contribution >= 0.6 is 12.6 Å². The van der Waals surface area contributed by atoms with Gasteiger partial charge < -0.3 is 15.3 Å². The number of amides is 1. The summed E-state index contributed by atoms with van der Waals surface area (Å²) in [6.07, 6.45) is 4.40. The third kappa shape index (κ3) is 6.80. The van der Waals surface area contributed by atoms with Gasteiger partial charge in [-0.1, -0.05) is 13.8 Å². The van der Waals surface area contributed by atoms with Gasteiger partial charge in [-0.05, 0) is 25.7 Å². The summed E-state index contributed by atoms with van der Waals surface area (Å²) in [6, 6.07) is 0. The lowest BCUT2D eigenvalue weighted by molar-refractivity contribution is -0.137. The number of hydrogen-bond donors (Lipinski definition) is 4. The van der Waals surface area contributed by atoms with Gasteiger partial charge in [-0.15, -0.1) is 0 Å². The first kappa shape index (κ1) is 20.4. The van der Waals surface area contributed by atoms with Crippen molar-refractivity contribution in [2.75, 3.05) is 6.61 Å². The van der Waals surface area contributed by atoms with E-state index in [4.69, 9.17) is 9.84 Å². The number of thiol groups is 1. The van der Waals surface area contributed by atoms with Crippen LogP contribution in [0.4, 0.5) is 0 Å². The summed E-state index contributed by atoms with van der Waals surface area (Å²) in [4.78, 5) is 31.4. The summed E-state index contributed by atoms with van der Waals surface area (Å²) in [5, 5.41) is 8.63. The highest BCUT2D eigenvalue weighted by Crippen LogP contribution is 2.25. The van der Waals surface area contributed by atoms with Gasteiger partial charge in [0, 0.05) is 17.6 Å². The molecule has 26 heavy (non-hydrogen) atoms. The van der Waals surface area contributed by atoms with Crippen LogP contribution in [0.5, 0.6) is 0 Å². The highest BCUT2D eigenvalue weighted by molar-refractivity contribution is 7.81. The van der Waals surface area contributed by atoms with Gasteiger partial charge in [-0.3, -0.25) is 25.0 Å². The van der Waals surface area contributed by atoms with Crippen molar-refractivity contribution in [3.05, 3.63) is 11.4 Å². The van der Waals surface area contributed by atoms with Crippen LogP contribution in [-0.2, 0) is 14.3 Å². The summed E-state index contributed by atoms with van der Waals surface area (Å²) in [7, 11) is 0. The summed E-state index contributed by atoms with van der Waals surface area (Å²) in [5.41, 5.74) is 8.08. The van der Waals surface area contributed by atoms with Gasteiger partial charge in [0.2, 0.25) is 5.91 Å². The van der Waals surface area contributed by atoms with Gasteiger partial charge in [0.1, 0.15) is 5.70 Å². The van der Waals surface area contributed by atoms with Crippen LogP contribution in [0.3, 0.4) is 0 Å². The Morgan fingerprint density at radius 3 is 2.88 bits per heavy atom. The van der Waals surface area contributed by atoms with Crippen molar-refractivity contribution in [3.8, 4) is 0 Å². The number of carboxylic acid groups (broad SMARTS) is 1. The average molecular weight is 382 g/mol. The number of carbonyl (C=O) groups is 2. The molecule has 0 saturated heterocycles. The summed E-state index contributed by atoms with van der Waals surface area (Å²) in [6.45, 7) is 4.08. The lowest BCUT2D eigenvalue weighted by Crippen LogP contribution is -2.41. The van der Waals surface area contributed by atoms with Crippen LogP contribution in [0, 0.1) is 0 Å². The monoisotopic (exact) mass is 382 g/mol. The van der Waals surface area contributed by atoms with Crippen LogP contribution in [-0.4, -0.2) is 46.5 Å². The Balaban J connectivity index is 1.90. The van der Waals surface area contributed by atoms with E-state index < -0.39 is 12.2 Å². The number of nitrogens with one attached hydrogen (secondary N) is 2. The van der Waals surface area contributed by atoms with Crippen LogP contribution in [0.25, 0.3) is 0 Å². The quantitative estimate of drug-likeness (QED) is 0.276. The average Bonchev–Trinajstić information content (AvgIpc) is 2.55. The Morgan fingerprint density at radius 2 is 2.19 bits per heavy atom. The molecule has 1 amide bonds. The highest BCUT2D eigenvalue weighted by atomic mass is 32.1. The maximum atomic E-state index is 11.9. The minimum atomic E-state index is -0.839. The molecule has 0 radical (unpaired) electrons. The number of carbonyl (C=O) groups excluding carboxylic acids is 1. The molecule has 1 aliphatic heterocycles. The Morgan fingerprint density at radius 1 is 1.42 bits per heavy atom. The molecular weight excluding hydrogens is 356 g/mol. The molecule has 0 saturated carbocycles. The highest BCUT2D eigenvalue weighted by Gasteiger charge is 2.24. The molecular formula is C17H26N4O4S. The van der Waals surface area contributed by atoms with Crippen molar-refractivity contribution >= 4 is 36.4 Å². The van der Waals surface area contributed by atoms with Gasteiger partial charge in [0.25, 0.3) is 0 Å². The fourth-order valence-electron chi connectivity index (χ4n) is 2.66. The molecule has 9 heteroatoms. The number of aliphatic carboxylic acids is 1. The van der Waals surface area contributed by atoms with Crippen molar-refractivity contribution in [3.63, 3.8) is 0 Å². The first-order valence-electron chi connectivity index (χ1n) is 8.69. The number of nitrogens with zero attached hydrogens (tertiary/aromatic N) is 2. The van der Waals surface area contributed by atoms with Gasteiger partial charge in [0.05, 0.1) is 24.2 Å².